The van der Waals surface area contributed by atoms with Gasteiger partial charge >= 0.3 is 0 Å². The first-order valence-corrected chi connectivity index (χ1v) is 7.39. The highest BCUT2D eigenvalue weighted by atomic mass is 32.1. The van der Waals surface area contributed by atoms with E-state index in [1.165, 1.54) is 11.2 Å². The predicted molar refractivity (Wildman–Crippen MR) is 78.9 cm³/mol. The summed E-state index contributed by atoms with van der Waals surface area (Å²) in [4.78, 5) is 9.68. The van der Waals surface area contributed by atoms with Gasteiger partial charge in [0.25, 0.3) is 0 Å². The second kappa shape index (κ2) is 7.09. The molecule has 2 heterocycles. The summed E-state index contributed by atoms with van der Waals surface area (Å²) in [7, 11) is 0. The molecule has 0 amide bonds. The fourth-order valence-electron chi connectivity index (χ4n) is 1.74. The van der Waals surface area contributed by atoms with Crippen molar-refractivity contribution >= 4 is 17.2 Å². The molecule has 2 rings (SSSR count). The van der Waals surface area contributed by atoms with Gasteiger partial charge in [-0.15, -0.1) is 11.3 Å². The summed E-state index contributed by atoms with van der Waals surface area (Å²) in [5, 5.41) is 5.47. The molecule has 5 heteroatoms. The maximum Gasteiger partial charge on any atom is 0.218 e. The molecule has 1 unspecified atom stereocenters. The van der Waals surface area contributed by atoms with E-state index >= 15 is 0 Å². The van der Waals surface area contributed by atoms with Gasteiger partial charge < -0.3 is 10.1 Å². The maximum absolute atomic E-state index is 5.49. The van der Waals surface area contributed by atoms with Gasteiger partial charge in [0.1, 0.15) is 12.1 Å². The molecule has 0 aliphatic carbocycles. The smallest absolute Gasteiger partial charge is 0.218 e. The molecule has 0 saturated heterocycles. The normalized spacial score (nSPS) is 12.1. The number of aromatic nitrogens is 2. The third kappa shape index (κ3) is 4.52. The van der Waals surface area contributed by atoms with E-state index in [4.69, 9.17) is 4.74 Å². The van der Waals surface area contributed by atoms with Crippen LogP contribution in [0.4, 0.5) is 5.82 Å². The van der Waals surface area contributed by atoms with Crippen LogP contribution < -0.4 is 10.1 Å². The van der Waals surface area contributed by atoms with Crippen LogP contribution in [-0.2, 0) is 6.42 Å². The van der Waals surface area contributed by atoms with Crippen molar-refractivity contribution in [1.82, 2.24) is 9.97 Å². The van der Waals surface area contributed by atoms with Gasteiger partial charge in [-0.3, -0.25) is 0 Å². The minimum Gasteiger partial charge on any atom is -0.478 e. The van der Waals surface area contributed by atoms with E-state index in [1.54, 1.807) is 11.3 Å². The van der Waals surface area contributed by atoms with Crippen molar-refractivity contribution in [3.63, 3.8) is 0 Å². The lowest BCUT2D eigenvalue weighted by molar-refractivity contribution is 0.305. The molecule has 0 bridgehead atoms. The molecule has 1 N–H and O–H groups in total. The van der Waals surface area contributed by atoms with Crippen LogP contribution in [0.2, 0.25) is 0 Å². The molecular weight excluding hydrogens is 258 g/mol. The Morgan fingerprint density at radius 3 is 3.05 bits per heavy atom. The van der Waals surface area contributed by atoms with Gasteiger partial charge in [0.05, 0.1) is 6.61 Å². The fraction of sp³-hybridized carbons (Fsp3) is 0.429. The molecule has 4 nitrogen and oxygen atoms in total. The molecule has 19 heavy (non-hydrogen) atoms. The lowest BCUT2D eigenvalue weighted by Crippen LogP contribution is -2.18. The largest absolute Gasteiger partial charge is 0.478 e. The summed E-state index contributed by atoms with van der Waals surface area (Å²) in [5.74, 6) is 1.44. The number of nitrogens with one attached hydrogen (secondary N) is 1. The molecule has 0 radical (unpaired) electrons. The van der Waals surface area contributed by atoms with E-state index in [1.807, 2.05) is 6.07 Å². The molecule has 102 valence electrons. The summed E-state index contributed by atoms with van der Waals surface area (Å²) in [6.45, 7) is 4.90. The van der Waals surface area contributed by atoms with Crippen LogP contribution in [-0.4, -0.2) is 22.6 Å². The van der Waals surface area contributed by atoms with Crippen molar-refractivity contribution in [1.29, 1.82) is 0 Å². The quantitative estimate of drug-likeness (QED) is 0.843. The topological polar surface area (TPSA) is 47.0 Å². The zero-order chi connectivity index (χ0) is 13.5. The number of rotatable bonds is 7. The monoisotopic (exact) mass is 277 g/mol. The van der Waals surface area contributed by atoms with Crippen LogP contribution >= 0.6 is 11.3 Å². The Balaban J connectivity index is 1.90. The molecule has 2 aromatic rings. The van der Waals surface area contributed by atoms with Crippen molar-refractivity contribution in [3.8, 4) is 5.88 Å². The van der Waals surface area contributed by atoms with Gasteiger partial charge in [0, 0.05) is 23.4 Å². The molecule has 0 aliphatic rings. The highest BCUT2D eigenvalue weighted by Crippen LogP contribution is 2.15. The zero-order valence-corrected chi connectivity index (χ0v) is 12.1. The number of ether oxygens (including phenoxy) is 1. The van der Waals surface area contributed by atoms with E-state index in [0.29, 0.717) is 18.5 Å². The zero-order valence-electron chi connectivity index (χ0n) is 11.3. The minimum atomic E-state index is 0.326. The van der Waals surface area contributed by atoms with Gasteiger partial charge in [-0.05, 0) is 24.8 Å². The fourth-order valence-corrected chi connectivity index (χ4v) is 2.57. The summed E-state index contributed by atoms with van der Waals surface area (Å²) in [6, 6.07) is 6.40. The van der Waals surface area contributed by atoms with Crippen molar-refractivity contribution < 1.29 is 4.74 Å². The van der Waals surface area contributed by atoms with Crippen molar-refractivity contribution in [2.24, 2.45) is 0 Å². The Morgan fingerprint density at radius 2 is 2.32 bits per heavy atom. The van der Waals surface area contributed by atoms with Crippen LogP contribution in [0.25, 0.3) is 0 Å². The Bertz CT molecular complexity index is 487. The van der Waals surface area contributed by atoms with Crippen LogP contribution in [0.5, 0.6) is 5.88 Å². The first kappa shape index (κ1) is 13.8. The number of anilines is 1. The van der Waals surface area contributed by atoms with E-state index in [-0.39, 0.29) is 0 Å². The Hall–Kier alpha value is -1.62. The average molecular weight is 277 g/mol. The molecule has 0 saturated carbocycles. The highest BCUT2D eigenvalue weighted by molar-refractivity contribution is 7.09. The number of hydrogen-bond acceptors (Lipinski definition) is 5. The Labute approximate surface area is 117 Å². The summed E-state index contributed by atoms with van der Waals surface area (Å²) < 4.78 is 5.49. The van der Waals surface area contributed by atoms with Gasteiger partial charge in [-0.25, -0.2) is 9.97 Å². The minimum absolute atomic E-state index is 0.326. The summed E-state index contributed by atoms with van der Waals surface area (Å²) in [5.41, 5.74) is 0. The number of hydrogen-bond donors (Lipinski definition) is 1. The van der Waals surface area contributed by atoms with E-state index < -0.39 is 0 Å². The van der Waals surface area contributed by atoms with Crippen LogP contribution in [0.1, 0.15) is 25.1 Å². The summed E-state index contributed by atoms with van der Waals surface area (Å²) in [6.07, 6.45) is 3.50. The Morgan fingerprint density at radius 1 is 1.42 bits per heavy atom. The van der Waals surface area contributed by atoms with Crippen molar-refractivity contribution in [3.05, 3.63) is 34.8 Å². The van der Waals surface area contributed by atoms with Gasteiger partial charge in [0.2, 0.25) is 5.88 Å². The van der Waals surface area contributed by atoms with Crippen LogP contribution in [0.3, 0.4) is 0 Å². The first-order chi connectivity index (χ1) is 9.28. The lowest BCUT2D eigenvalue weighted by Gasteiger charge is -2.14. The van der Waals surface area contributed by atoms with Gasteiger partial charge in [-0.1, -0.05) is 13.0 Å². The highest BCUT2D eigenvalue weighted by Gasteiger charge is 2.06. The molecule has 0 aromatic carbocycles. The van der Waals surface area contributed by atoms with Gasteiger partial charge in [-0.2, -0.15) is 0 Å². The lowest BCUT2D eigenvalue weighted by atomic mass is 10.2. The molecule has 0 fully saturated rings. The maximum atomic E-state index is 5.49. The number of thiophene rings is 1. The van der Waals surface area contributed by atoms with Crippen molar-refractivity contribution in [2.75, 3.05) is 11.9 Å². The van der Waals surface area contributed by atoms with Crippen molar-refractivity contribution in [2.45, 2.75) is 32.7 Å². The third-order valence-corrected chi connectivity index (χ3v) is 3.48. The Kier molecular flexibility index (Phi) is 5.15. The van der Waals surface area contributed by atoms with E-state index in [0.717, 1.165) is 18.7 Å². The van der Waals surface area contributed by atoms with E-state index in [9.17, 15) is 0 Å². The second-order valence-electron chi connectivity index (χ2n) is 4.42. The standard InChI is InChI=1S/C14H19N3OS/c1-3-6-18-14-9-13(15-10-16-14)17-11(2)8-12-5-4-7-19-12/h4-5,7,9-11H,3,6,8H2,1-2H3,(H,15,16,17). The van der Waals surface area contributed by atoms with Crippen LogP contribution in [0.15, 0.2) is 29.9 Å². The SMILES string of the molecule is CCCOc1cc(NC(C)Cc2cccs2)ncn1. The number of nitrogens with zero attached hydrogens (tertiary/aromatic N) is 2. The molecule has 0 aliphatic heterocycles. The van der Waals surface area contributed by atoms with Gasteiger partial charge in [0.15, 0.2) is 0 Å². The molecular formula is C14H19N3OS. The molecule has 1 atom stereocenters. The first-order valence-electron chi connectivity index (χ1n) is 6.51. The average Bonchev–Trinajstić information content (AvgIpc) is 2.89. The van der Waals surface area contributed by atoms with Crippen LogP contribution in [0, 0.1) is 0 Å². The third-order valence-electron chi connectivity index (χ3n) is 2.58. The summed E-state index contributed by atoms with van der Waals surface area (Å²) >= 11 is 1.78. The second-order valence-corrected chi connectivity index (χ2v) is 5.45. The predicted octanol–water partition coefficient (Wildman–Crippen LogP) is 3.37. The molecule has 2 aromatic heterocycles. The van der Waals surface area contributed by atoms with E-state index in [2.05, 4.69) is 46.6 Å². The molecule has 0 spiro atoms.